The molecule has 0 amide bonds. The van der Waals surface area contributed by atoms with Gasteiger partial charge in [0.15, 0.2) is 0 Å². The first-order valence-electron chi connectivity index (χ1n) is 4.06. The lowest BCUT2D eigenvalue weighted by molar-refractivity contribution is 0.134. The van der Waals surface area contributed by atoms with Crippen LogP contribution in [0.25, 0.3) is 0 Å². The summed E-state index contributed by atoms with van der Waals surface area (Å²) in [5.74, 6) is 1.15. The van der Waals surface area contributed by atoms with E-state index in [0.717, 1.165) is 19.1 Å². The molecule has 2 nitrogen and oxygen atoms in total. The van der Waals surface area contributed by atoms with Crippen molar-refractivity contribution in [2.75, 3.05) is 31.9 Å². The lowest BCUT2D eigenvalue weighted by Crippen LogP contribution is -2.50. The van der Waals surface area contributed by atoms with Crippen LogP contribution in [0.3, 0.4) is 0 Å². The number of nitrogens with one attached hydrogen (secondary N) is 1. The van der Waals surface area contributed by atoms with E-state index in [9.17, 15) is 0 Å². The van der Waals surface area contributed by atoms with Gasteiger partial charge in [-0.1, -0.05) is 13.8 Å². The highest BCUT2D eigenvalue weighted by Gasteiger charge is 2.25. The molecule has 1 fully saturated rings. The molecule has 0 aromatic carbocycles. The predicted molar refractivity (Wildman–Crippen MR) is 51.7 cm³/mol. The van der Waals surface area contributed by atoms with Crippen molar-refractivity contribution >= 4 is 11.8 Å². The van der Waals surface area contributed by atoms with Crippen LogP contribution in [0.2, 0.25) is 0 Å². The molecule has 0 aliphatic carbocycles. The molecule has 0 atom stereocenters. The van der Waals surface area contributed by atoms with Crippen molar-refractivity contribution in [1.29, 1.82) is 0 Å². The Morgan fingerprint density at radius 3 is 2.82 bits per heavy atom. The molecule has 0 bridgehead atoms. The molecule has 11 heavy (non-hydrogen) atoms. The van der Waals surface area contributed by atoms with Gasteiger partial charge in [0.25, 0.3) is 0 Å². The third-order valence-electron chi connectivity index (χ3n) is 1.90. The molecule has 0 spiro atoms. The third kappa shape index (κ3) is 3.01. The first-order chi connectivity index (χ1) is 5.14. The normalized spacial score (nSPS) is 25.4. The number of hydrogen-bond donors (Lipinski definition) is 1. The Morgan fingerprint density at radius 2 is 2.27 bits per heavy atom. The number of hydrogen-bond acceptors (Lipinski definition) is 3. The van der Waals surface area contributed by atoms with E-state index in [2.05, 4.69) is 30.3 Å². The fourth-order valence-electron chi connectivity index (χ4n) is 1.54. The number of rotatable bonds is 2. The lowest BCUT2D eigenvalue weighted by atomic mass is 9.92. The molecule has 66 valence electrons. The largest absolute Gasteiger partial charge is 0.304 e. The fourth-order valence-corrected chi connectivity index (χ4v) is 2.09. The van der Waals surface area contributed by atoms with E-state index in [4.69, 9.17) is 0 Å². The second kappa shape index (κ2) is 3.78. The van der Waals surface area contributed by atoms with Crippen LogP contribution in [0.15, 0.2) is 0 Å². The van der Waals surface area contributed by atoms with E-state index in [1.165, 1.54) is 6.54 Å². The van der Waals surface area contributed by atoms with Crippen LogP contribution in [0.1, 0.15) is 13.8 Å². The Balaban J connectivity index is 2.34. The first-order valence-corrected chi connectivity index (χ1v) is 5.45. The highest BCUT2D eigenvalue weighted by atomic mass is 32.2. The molecule has 0 radical (unpaired) electrons. The molecular weight excluding hydrogens is 156 g/mol. The van der Waals surface area contributed by atoms with E-state index < -0.39 is 0 Å². The van der Waals surface area contributed by atoms with Crippen molar-refractivity contribution in [3.8, 4) is 0 Å². The maximum Gasteiger partial charge on any atom is 0.0488 e. The Bertz CT molecular complexity index is 123. The Labute approximate surface area is 73.7 Å². The summed E-state index contributed by atoms with van der Waals surface area (Å²) in [5, 5.41) is 3.42. The summed E-state index contributed by atoms with van der Waals surface area (Å²) in [4.78, 5) is 2.45. The molecule has 1 N–H and O–H groups in total. The van der Waals surface area contributed by atoms with Crippen molar-refractivity contribution in [3.63, 3.8) is 0 Å². The van der Waals surface area contributed by atoms with Crippen LogP contribution in [0.5, 0.6) is 0 Å². The van der Waals surface area contributed by atoms with Gasteiger partial charge in [-0.05, 0) is 11.7 Å². The predicted octanol–water partition coefficient (Wildman–Crippen LogP) is 1.20. The molecule has 1 heterocycles. The summed E-state index contributed by atoms with van der Waals surface area (Å²) in [7, 11) is 0. The van der Waals surface area contributed by atoms with E-state index in [-0.39, 0.29) is 0 Å². The van der Waals surface area contributed by atoms with Crippen LogP contribution in [-0.4, -0.2) is 36.8 Å². The van der Waals surface area contributed by atoms with E-state index >= 15 is 0 Å². The smallest absolute Gasteiger partial charge is 0.0488 e. The summed E-state index contributed by atoms with van der Waals surface area (Å²) in [6.45, 7) is 8.06. The Hall–Kier alpha value is 0.270. The third-order valence-corrected chi connectivity index (χ3v) is 2.53. The molecular formula is C8H18N2S. The number of thioether (sulfide) groups is 1. The van der Waals surface area contributed by atoms with Gasteiger partial charge >= 0.3 is 0 Å². The van der Waals surface area contributed by atoms with Gasteiger partial charge in [0.05, 0.1) is 0 Å². The van der Waals surface area contributed by atoms with E-state index in [0.29, 0.717) is 5.41 Å². The van der Waals surface area contributed by atoms with Crippen LogP contribution < -0.4 is 5.32 Å². The average molecular weight is 174 g/mol. The van der Waals surface area contributed by atoms with Crippen molar-refractivity contribution in [2.45, 2.75) is 13.8 Å². The van der Waals surface area contributed by atoms with Crippen molar-refractivity contribution in [1.82, 2.24) is 10.2 Å². The average Bonchev–Trinajstić information content (AvgIpc) is 1.85. The molecule has 1 aliphatic rings. The van der Waals surface area contributed by atoms with Gasteiger partial charge in [-0.3, -0.25) is 4.90 Å². The molecule has 1 saturated heterocycles. The zero-order valence-corrected chi connectivity index (χ0v) is 8.50. The summed E-state index contributed by atoms with van der Waals surface area (Å²) in [5.41, 5.74) is 0.452. The van der Waals surface area contributed by atoms with Gasteiger partial charge in [-0.2, -0.15) is 0 Å². The van der Waals surface area contributed by atoms with Gasteiger partial charge in [0, 0.05) is 25.6 Å². The highest BCUT2D eigenvalue weighted by Crippen LogP contribution is 2.19. The second-order valence-electron chi connectivity index (χ2n) is 4.00. The zero-order chi connectivity index (χ0) is 8.32. The van der Waals surface area contributed by atoms with Crippen molar-refractivity contribution < 1.29 is 0 Å². The molecule has 0 saturated carbocycles. The summed E-state index contributed by atoms with van der Waals surface area (Å²) in [6.07, 6.45) is 2.15. The standard InChI is InChI=1S/C8H18N2S/c1-8(2)4-9-6-10(5-8)7-11-3/h9H,4-7H2,1-3H3. The quantitative estimate of drug-likeness (QED) is 0.677. The maximum atomic E-state index is 3.42. The topological polar surface area (TPSA) is 15.3 Å². The van der Waals surface area contributed by atoms with Crippen molar-refractivity contribution in [2.24, 2.45) is 5.41 Å². The van der Waals surface area contributed by atoms with E-state index in [1.54, 1.807) is 0 Å². The summed E-state index contributed by atoms with van der Waals surface area (Å²) >= 11 is 1.89. The van der Waals surface area contributed by atoms with Crippen LogP contribution in [0, 0.1) is 5.41 Å². The molecule has 3 heteroatoms. The van der Waals surface area contributed by atoms with Gasteiger partial charge in [-0.15, -0.1) is 11.8 Å². The SMILES string of the molecule is CSCN1CNCC(C)(C)C1. The molecule has 0 aromatic heterocycles. The highest BCUT2D eigenvalue weighted by molar-refractivity contribution is 7.98. The molecule has 0 aromatic rings. The minimum absolute atomic E-state index is 0.452. The minimum Gasteiger partial charge on any atom is -0.304 e. The van der Waals surface area contributed by atoms with E-state index in [1.807, 2.05) is 11.8 Å². The van der Waals surface area contributed by atoms with Gasteiger partial charge in [0.1, 0.15) is 0 Å². The van der Waals surface area contributed by atoms with Gasteiger partial charge in [-0.25, -0.2) is 0 Å². The summed E-state index contributed by atoms with van der Waals surface area (Å²) < 4.78 is 0. The Kier molecular flexibility index (Phi) is 3.22. The minimum atomic E-state index is 0.452. The van der Waals surface area contributed by atoms with Crippen LogP contribution in [0.4, 0.5) is 0 Å². The van der Waals surface area contributed by atoms with Crippen molar-refractivity contribution in [3.05, 3.63) is 0 Å². The van der Waals surface area contributed by atoms with Crippen LogP contribution >= 0.6 is 11.8 Å². The monoisotopic (exact) mass is 174 g/mol. The van der Waals surface area contributed by atoms with Crippen LogP contribution in [-0.2, 0) is 0 Å². The first kappa shape index (κ1) is 9.36. The Morgan fingerprint density at radius 1 is 1.55 bits per heavy atom. The zero-order valence-electron chi connectivity index (χ0n) is 7.68. The molecule has 1 aliphatic heterocycles. The summed E-state index contributed by atoms with van der Waals surface area (Å²) in [6, 6.07) is 0. The van der Waals surface area contributed by atoms with Gasteiger partial charge < -0.3 is 5.32 Å². The molecule has 1 rings (SSSR count). The lowest BCUT2D eigenvalue weighted by Gasteiger charge is -2.38. The number of nitrogens with zero attached hydrogens (tertiary/aromatic N) is 1. The van der Waals surface area contributed by atoms with Gasteiger partial charge in [0.2, 0.25) is 0 Å². The fraction of sp³-hybridized carbons (Fsp3) is 1.00. The second-order valence-corrected chi connectivity index (χ2v) is 4.83. The molecule has 0 unspecified atom stereocenters. The maximum absolute atomic E-state index is 3.42.